The molecule has 35 heavy (non-hydrogen) atoms. The summed E-state index contributed by atoms with van der Waals surface area (Å²) < 4.78 is 114. The SMILES string of the molecule is COC(=O)OC1=C(OS(=O)(=O)C(F)(F)F)c2ccccc2S(=O)(=O)N1Cc1ccc2c(c1)OCO2. The largest absolute Gasteiger partial charge is 0.534 e. The molecule has 2 aliphatic heterocycles. The molecule has 2 aromatic rings. The fourth-order valence-corrected chi connectivity index (χ4v) is 5.21. The van der Waals surface area contributed by atoms with E-state index in [0.29, 0.717) is 10.1 Å². The highest BCUT2D eigenvalue weighted by Gasteiger charge is 2.51. The smallest absolute Gasteiger partial charge is 0.454 e. The Hall–Kier alpha value is -3.66. The van der Waals surface area contributed by atoms with Gasteiger partial charge in [0.05, 0.1) is 18.6 Å². The topological polar surface area (TPSA) is 135 Å². The molecule has 0 atom stereocenters. The molecule has 0 N–H and O–H groups in total. The molecule has 0 unspecified atom stereocenters. The van der Waals surface area contributed by atoms with Gasteiger partial charge in [-0.1, -0.05) is 18.2 Å². The molecule has 16 heteroatoms. The number of hydrogen-bond acceptors (Lipinski definition) is 10. The summed E-state index contributed by atoms with van der Waals surface area (Å²) in [5.74, 6) is -1.71. The quantitative estimate of drug-likeness (QED) is 0.318. The minimum absolute atomic E-state index is 0.0852. The third-order valence-corrected chi connectivity index (χ3v) is 7.45. The fourth-order valence-electron chi connectivity index (χ4n) is 3.15. The molecule has 0 saturated heterocycles. The van der Waals surface area contributed by atoms with Crippen molar-refractivity contribution in [1.29, 1.82) is 0 Å². The highest BCUT2D eigenvalue weighted by Crippen LogP contribution is 2.42. The van der Waals surface area contributed by atoms with Crippen molar-refractivity contribution < 1.29 is 57.9 Å². The Morgan fingerprint density at radius 1 is 1.11 bits per heavy atom. The molecule has 0 spiro atoms. The number of rotatable bonds is 5. The summed E-state index contributed by atoms with van der Waals surface area (Å²) in [7, 11) is -10.1. The van der Waals surface area contributed by atoms with Gasteiger partial charge in [-0.05, 0) is 29.8 Å². The molecule has 0 bridgehead atoms. The Morgan fingerprint density at radius 2 is 1.80 bits per heavy atom. The van der Waals surface area contributed by atoms with Crippen molar-refractivity contribution in [3.05, 3.63) is 59.5 Å². The van der Waals surface area contributed by atoms with E-state index in [4.69, 9.17) is 14.2 Å². The lowest BCUT2D eigenvalue weighted by Crippen LogP contribution is -2.38. The molecular weight excluding hydrogens is 523 g/mol. The van der Waals surface area contributed by atoms with E-state index in [0.717, 1.165) is 19.2 Å². The summed E-state index contributed by atoms with van der Waals surface area (Å²) in [5, 5.41) is 0. The van der Waals surface area contributed by atoms with Gasteiger partial charge in [0.2, 0.25) is 12.6 Å². The van der Waals surface area contributed by atoms with Crippen LogP contribution < -0.4 is 9.47 Å². The predicted octanol–water partition coefficient (Wildman–Crippen LogP) is 2.90. The monoisotopic (exact) mass is 537 g/mol. The summed E-state index contributed by atoms with van der Waals surface area (Å²) in [6.07, 6.45) is -1.55. The maximum absolute atomic E-state index is 13.4. The first-order valence-corrected chi connectivity index (χ1v) is 12.2. The van der Waals surface area contributed by atoms with E-state index >= 15 is 0 Å². The Bertz CT molecular complexity index is 1440. The number of hydrogen-bond donors (Lipinski definition) is 0. The lowest BCUT2D eigenvalue weighted by atomic mass is 10.1. The minimum atomic E-state index is -6.31. The molecule has 0 saturated carbocycles. The van der Waals surface area contributed by atoms with Gasteiger partial charge < -0.3 is 23.1 Å². The van der Waals surface area contributed by atoms with Crippen molar-refractivity contribution in [2.75, 3.05) is 13.9 Å². The van der Waals surface area contributed by atoms with Gasteiger partial charge >= 0.3 is 21.8 Å². The number of carbonyl (C=O) groups is 1. The van der Waals surface area contributed by atoms with Crippen molar-refractivity contribution in [2.24, 2.45) is 0 Å². The minimum Gasteiger partial charge on any atom is -0.454 e. The normalized spacial score (nSPS) is 16.5. The van der Waals surface area contributed by atoms with Crippen LogP contribution in [0.25, 0.3) is 5.76 Å². The zero-order valence-corrected chi connectivity index (χ0v) is 19.1. The Labute approximate surface area is 196 Å². The van der Waals surface area contributed by atoms with Crippen LogP contribution in [0.5, 0.6) is 11.5 Å². The maximum atomic E-state index is 13.4. The molecule has 0 radical (unpaired) electrons. The van der Waals surface area contributed by atoms with Crippen LogP contribution in [0.1, 0.15) is 11.1 Å². The maximum Gasteiger partial charge on any atom is 0.534 e. The number of benzene rings is 2. The van der Waals surface area contributed by atoms with Gasteiger partial charge in [-0.3, -0.25) is 0 Å². The van der Waals surface area contributed by atoms with Gasteiger partial charge in [0.15, 0.2) is 11.5 Å². The second kappa shape index (κ2) is 8.53. The summed E-state index contributed by atoms with van der Waals surface area (Å²) in [4.78, 5) is 11.3. The fraction of sp³-hybridized carbons (Fsp3) is 0.211. The molecule has 11 nitrogen and oxygen atoms in total. The number of methoxy groups -OCH3 is 1. The lowest BCUT2D eigenvalue weighted by molar-refractivity contribution is -0.0511. The number of fused-ring (bicyclic) bond motifs is 2. The number of carbonyl (C=O) groups excluding carboxylic acids is 1. The van der Waals surface area contributed by atoms with E-state index in [-0.39, 0.29) is 18.1 Å². The van der Waals surface area contributed by atoms with Crippen LogP contribution >= 0.6 is 0 Å². The van der Waals surface area contributed by atoms with E-state index in [9.17, 15) is 34.8 Å². The third kappa shape index (κ3) is 4.41. The second-order valence-electron chi connectivity index (χ2n) is 6.87. The highest BCUT2D eigenvalue weighted by atomic mass is 32.2. The van der Waals surface area contributed by atoms with E-state index in [1.54, 1.807) is 0 Å². The predicted molar refractivity (Wildman–Crippen MR) is 108 cm³/mol. The van der Waals surface area contributed by atoms with Gasteiger partial charge in [-0.2, -0.15) is 21.6 Å². The average Bonchev–Trinajstić information content (AvgIpc) is 3.26. The molecule has 2 heterocycles. The summed E-state index contributed by atoms with van der Waals surface area (Å²) in [6, 6.07) is 8.77. The van der Waals surface area contributed by atoms with Crippen LogP contribution in [-0.4, -0.2) is 46.7 Å². The van der Waals surface area contributed by atoms with E-state index in [1.807, 2.05) is 0 Å². The van der Waals surface area contributed by atoms with Gasteiger partial charge in [0.1, 0.15) is 0 Å². The Balaban J connectivity index is 1.92. The average molecular weight is 537 g/mol. The van der Waals surface area contributed by atoms with Crippen LogP contribution in [0.2, 0.25) is 0 Å². The van der Waals surface area contributed by atoms with Crippen molar-refractivity contribution >= 4 is 32.1 Å². The van der Waals surface area contributed by atoms with Crippen LogP contribution in [0.4, 0.5) is 18.0 Å². The van der Waals surface area contributed by atoms with Gasteiger partial charge in [0, 0.05) is 5.56 Å². The van der Waals surface area contributed by atoms with Crippen molar-refractivity contribution in [1.82, 2.24) is 4.31 Å². The lowest BCUT2D eigenvalue weighted by Gasteiger charge is -2.32. The molecule has 2 aromatic carbocycles. The van der Waals surface area contributed by atoms with Gasteiger partial charge in [0.25, 0.3) is 15.9 Å². The second-order valence-corrected chi connectivity index (χ2v) is 10.2. The molecule has 2 aliphatic rings. The Kier molecular flexibility index (Phi) is 5.96. The summed E-state index contributed by atoms with van der Waals surface area (Å²) >= 11 is 0. The van der Waals surface area contributed by atoms with Crippen molar-refractivity contribution in [2.45, 2.75) is 16.9 Å². The molecule has 0 amide bonds. The van der Waals surface area contributed by atoms with Gasteiger partial charge in [-0.15, -0.1) is 0 Å². The molecule has 0 fully saturated rings. The zero-order chi connectivity index (χ0) is 25.6. The number of ether oxygens (including phenoxy) is 4. The summed E-state index contributed by atoms with van der Waals surface area (Å²) in [5.41, 5.74) is -6.23. The number of sulfonamides is 1. The molecule has 0 aliphatic carbocycles. The van der Waals surface area contributed by atoms with Crippen LogP contribution in [0.15, 0.2) is 53.2 Å². The highest BCUT2D eigenvalue weighted by molar-refractivity contribution is 7.89. The molecule has 188 valence electrons. The number of halogens is 3. The number of nitrogens with zero attached hydrogens (tertiary/aromatic N) is 1. The molecule has 4 rings (SSSR count). The Morgan fingerprint density at radius 3 is 2.49 bits per heavy atom. The standard InChI is InChI=1S/C19H14F3NO10S2/c1-29-18(24)32-17-16(33-35(27,28)19(20,21)22)12-4-2-3-5-15(12)34(25,26)23(17)9-11-6-7-13-14(8-11)31-10-30-13/h2-8H,9-10H2,1H3. The van der Waals surface area contributed by atoms with Crippen LogP contribution in [0.3, 0.4) is 0 Å². The number of alkyl halides is 3. The van der Waals surface area contributed by atoms with Gasteiger partial charge in [-0.25, -0.2) is 17.5 Å². The van der Waals surface area contributed by atoms with E-state index in [2.05, 4.69) is 8.92 Å². The third-order valence-electron chi connectivity index (χ3n) is 4.71. The van der Waals surface area contributed by atoms with Crippen LogP contribution in [-0.2, 0) is 40.3 Å². The van der Waals surface area contributed by atoms with Crippen molar-refractivity contribution in [3.63, 3.8) is 0 Å². The van der Waals surface area contributed by atoms with Crippen molar-refractivity contribution in [3.8, 4) is 11.5 Å². The zero-order valence-electron chi connectivity index (χ0n) is 17.4. The first-order chi connectivity index (χ1) is 16.3. The molecular formula is C19H14F3NO10S2. The van der Waals surface area contributed by atoms with E-state index < -0.39 is 60.5 Å². The first-order valence-electron chi connectivity index (χ1n) is 9.36. The van der Waals surface area contributed by atoms with E-state index in [1.165, 1.54) is 30.3 Å². The molecule has 0 aromatic heterocycles. The summed E-state index contributed by atoms with van der Waals surface area (Å²) in [6.45, 7) is -0.712. The first kappa shape index (κ1) is 24.5. The van der Waals surface area contributed by atoms with Crippen LogP contribution in [0, 0.1) is 0 Å².